The molecule has 0 atom stereocenters. The molecule has 4 nitrogen and oxygen atoms in total. The van der Waals surface area contributed by atoms with Gasteiger partial charge in [-0.3, -0.25) is 9.69 Å². The van der Waals surface area contributed by atoms with Gasteiger partial charge < -0.3 is 10.6 Å². The number of benzene rings is 1. The maximum atomic E-state index is 12.3. The van der Waals surface area contributed by atoms with Crippen LogP contribution in [-0.2, 0) is 11.3 Å². The lowest BCUT2D eigenvalue weighted by Crippen LogP contribution is -2.34. The zero-order chi connectivity index (χ0) is 15.2. The predicted molar refractivity (Wildman–Crippen MR) is 93.3 cm³/mol. The highest BCUT2D eigenvalue weighted by molar-refractivity contribution is 7.99. The molecule has 1 aromatic rings. The fraction of sp³-hybridized carbons (Fsp3) is 0.588. The number of amides is 1. The Hall–Kier alpha value is -1.04. The van der Waals surface area contributed by atoms with Crippen molar-refractivity contribution in [2.24, 2.45) is 5.92 Å². The summed E-state index contributed by atoms with van der Waals surface area (Å²) in [6, 6.07) is 8.32. The largest absolute Gasteiger partial charge is 0.326 e. The number of nitrogens with zero attached hydrogens (tertiary/aromatic N) is 1. The smallest absolute Gasteiger partial charge is 0.227 e. The molecule has 2 heterocycles. The van der Waals surface area contributed by atoms with Gasteiger partial charge >= 0.3 is 0 Å². The zero-order valence-electron chi connectivity index (χ0n) is 13.0. The number of hydrogen-bond donors (Lipinski definition) is 2. The van der Waals surface area contributed by atoms with E-state index in [0.29, 0.717) is 0 Å². The molecule has 2 saturated heterocycles. The average molecular weight is 319 g/mol. The number of carbonyl (C=O) groups excluding carboxylic acids is 1. The topological polar surface area (TPSA) is 44.4 Å². The quantitative estimate of drug-likeness (QED) is 0.893. The van der Waals surface area contributed by atoms with Gasteiger partial charge in [0.25, 0.3) is 0 Å². The Balaban J connectivity index is 1.57. The lowest BCUT2D eigenvalue weighted by molar-refractivity contribution is -0.120. The molecule has 0 saturated carbocycles. The second kappa shape index (κ2) is 7.99. The second-order valence-electron chi connectivity index (χ2n) is 6.10. The second-order valence-corrected chi connectivity index (χ2v) is 7.33. The van der Waals surface area contributed by atoms with Crippen molar-refractivity contribution in [1.82, 2.24) is 10.2 Å². The van der Waals surface area contributed by atoms with E-state index in [-0.39, 0.29) is 11.8 Å². The van der Waals surface area contributed by atoms with Gasteiger partial charge in [0, 0.05) is 42.7 Å². The van der Waals surface area contributed by atoms with E-state index in [1.165, 1.54) is 17.1 Å². The summed E-state index contributed by atoms with van der Waals surface area (Å²) in [5.74, 6) is 2.79. The van der Waals surface area contributed by atoms with Crippen molar-refractivity contribution in [3.63, 3.8) is 0 Å². The zero-order valence-corrected chi connectivity index (χ0v) is 13.8. The molecular formula is C17H25N3OS. The number of anilines is 1. The third-order valence-electron chi connectivity index (χ3n) is 4.41. The fourth-order valence-corrected chi connectivity index (χ4v) is 4.07. The Kier molecular flexibility index (Phi) is 5.76. The fourth-order valence-electron chi connectivity index (χ4n) is 3.09. The van der Waals surface area contributed by atoms with Crippen LogP contribution < -0.4 is 10.6 Å². The van der Waals surface area contributed by atoms with Crippen LogP contribution in [0.15, 0.2) is 24.3 Å². The van der Waals surface area contributed by atoms with Crippen LogP contribution in [0.1, 0.15) is 18.4 Å². The van der Waals surface area contributed by atoms with Crippen LogP contribution in [0.3, 0.4) is 0 Å². The highest BCUT2D eigenvalue weighted by Gasteiger charge is 2.21. The van der Waals surface area contributed by atoms with E-state index >= 15 is 0 Å². The molecule has 1 aromatic carbocycles. The summed E-state index contributed by atoms with van der Waals surface area (Å²) >= 11 is 2.03. The maximum absolute atomic E-state index is 12.3. The molecule has 1 amide bonds. The van der Waals surface area contributed by atoms with E-state index in [2.05, 4.69) is 27.7 Å². The Morgan fingerprint density at radius 3 is 2.82 bits per heavy atom. The van der Waals surface area contributed by atoms with Crippen molar-refractivity contribution in [2.45, 2.75) is 19.4 Å². The van der Waals surface area contributed by atoms with Gasteiger partial charge in [-0.05, 0) is 43.6 Å². The highest BCUT2D eigenvalue weighted by Crippen LogP contribution is 2.18. The first-order chi connectivity index (χ1) is 10.8. The van der Waals surface area contributed by atoms with Crippen molar-refractivity contribution in [1.29, 1.82) is 0 Å². The van der Waals surface area contributed by atoms with Gasteiger partial charge in [0.1, 0.15) is 0 Å². The Bertz CT molecular complexity index is 496. The molecule has 22 heavy (non-hydrogen) atoms. The molecule has 0 unspecified atom stereocenters. The maximum Gasteiger partial charge on any atom is 0.227 e. The van der Waals surface area contributed by atoms with Gasteiger partial charge in [0.2, 0.25) is 5.91 Å². The Morgan fingerprint density at radius 1 is 1.27 bits per heavy atom. The van der Waals surface area contributed by atoms with Crippen LogP contribution in [0.2, 0.25) is 0 Å². The van der Waals surface area contributed by atoms with E-state index in [9.17, 15) is 4.79 Å². The molecule has 0 aromatic heterocycles. The molecular weight excluding hydrogens is 294 g/mol. The van der Waals surface area contributed by atoms with E-state index in [1.54, 1.807) is 0 Å². The Labute approximate surface area is 137 Å². The predicted octanol–water partition coefficient (Wildman–Crippen LogP) is 2.17. The van der Waals surface area contributed by atoms with Gasteiger partial charge in [0.05, 0.1) is 0 Å². The lowest BCUT2D eigenvalue weighted by atomic mass is 9.97. The average Bonchev–Trinajstić information content (AvgIpc) is 2.57. The number of rotatable bonds is 4. The molecule has 0 radical (unpaired) electrons. The molecule has 2 aliphatic heterocycles. The van der Waals surface area contributed by atoms with Crippen molar-refractivity contribution in [2.75, 3.05) is 43.0 Å². The normalized spacial score (nSPS) is 20.7. The highest BCUT2D eigenvalue weighted by atomic mass is 32.2. The first-order valence-electron chi connectivity index (χ1n) is 8.22. The summed E-state index contributed by atoms with van der Waals surface area (Å²) in [5.41, 5.74) is 2.22. The monoisotopic (exact) mass is 319 g/mol. The van der Waals surface area contributed by atoms with Gasteiger partial charge in [-0.1, -0.05) is 12.1 Å². The lowest BCUT2D eigenvalue weighted by Gasteiger charge is -2.26. The summed E-state index contributed by atoms with van der Waals surface area (Å²) in [4.78, 5) is 14.8. The third-order valence-corrected chi connectivity index (χ3v) is 5.36. The molecule has 2 N–H and O–H groups in total. The molecule has 2 fully saturated rings. The summed E-state index contributed by atoms with van der Waals surface area (Å²) in [6.07, 6.45) is 1.88. The number of carbonyl (C=O) groups is 1. The van der Waals surface area contributed by atoms with E-state index in [4.69, 9.17) is 0 Å². The standard InChI is InChI=1S/C17H25N3OS/c21-17(15-4-6-18-7-5-15)19-16-3-1-2-14(12-16)13-20-8-10-22-11-9-20/h1-3,12,15,18H,4-11,13H2,(H,19,21). The SMILES string of the molecule is O=C(Nc1cccc(CN2CCSCC2)c1)C1CCNCC1. The van der Waals surface area contributed by atoms with Crippen molar-refractivity contribution < 1.29 is 4.79 Å². The van der Waals surface area contributed by atoms with Crippen LogP contribution in [0.4, 0.5) is 5.69 Å². The van der Waals surface area contributed by atoms with Gasteiger partial charge in [-0.15, -0.1) is 0 Å². The van der Waals surface area contributed by atoms with Crippen LogP contribution in [0.25, 0.3) is 0 Å². The first kappa shape index (κ1) is 15.8. The summed E-state index contributed by atoms with van der Waals surface area (Å²) in [5, 5.41) is 6.40. The van der Waals surface area contributed by atoms with Crippen LogP contribution in [0, 0.1) is 5.92 Å². The molecule has 0 aliphatic carbocycles. The molecule has 0 spiro atoms. The van der Waals surface area contributed by atoms with Gasteiger partial charge in [-0.25, -0.2) is 0 Å². The van der Waals surface area contributed by atoms with Crippen LogP contribution in [0.5, 0.6) is 0 Å². The summed E-state index contributed by atoms with van der Waals surface area (Å²) < 4.78 is 0. The van der Waals surface area contributed by atoms with Crippen molar-refractivity contribution >= 4 is 23.4 Å². The minimum Gasteiger partial charge on any atom is -0.326 e. The van der Waals surface area contributed by atoms with Crippen molar-refractivity contribution in [3.8, 4) is 0 Å². The minimum atomic E-state index is 0.157. The number of piperidine rings is 1. The molecule has 5 heteroatoms. The minimum absolute atomic E-state index is 0.157. The summed E-state index contributed by atoms with van der Waals surface area (Å²) in [6.45, 7) is 5.21. The van der Waals surface area contributed by atoms with E-state index in [1.807, 2.05) is 23.9 Å². The molecule has 0 bridgehead atoms. The molecule has 3 rings (SSSR count). The number of hydrogen-bond acceptors (Lipinski definition) is 4. The number of thioether (sulfide) groups is 1. The van der Waals surface area contributed by atoms with Gasteiger partial charge in [0.15, 0.2) is 0 Å². The summed E-state index contributed by atoms with van der Waals surface area (Å²) in [7, 11) is 0. The molecule has 2 aliphatic rings. The van der Waals surface area contributed by atoms with Gasteiger partial charge in [-0.2, -0.15) is 11.8 Å². The number of nitrogens with one attached hydrogen (secondary N) is 2. The van der Waals surface area contributed by atoms with E-state index < -0.39 is 0 Å². The third kappa shape index (κ3) is 4.48. The molecule has 120 valence electrons. The van der Waals surface area contributed by atoms with E-state index in [0.717, 1.165) is 51.3 Å². The van der Waals surface area contributed by atoms with Crippen LogP contribution in [-0.4, -0.2) is 48.5 Å². The van der Waals surface area contributed by atoms with Crippen molar-refractivity contribution in [3.05, 3.63) is 29.8 Å². The van der Waals surface area contributed by atoms with Crippen LogP contribution >= 0.6 is 11.8 Å². The first-order valence-corrected chi connectivity index (χ1v) is 9.37. The Morgan fingerprint density at radius 2 is 2.05 bits per heavy atom.